The summed E-state index contributed by atoms with van der Waals surface area (Å²) in [4.78, 5) is 27.2. The Kier molecular flexibility index (Phi) is 3.68. The first-order chi connectivity index (χ1) is 11.6. The number of ether oxygens (including phenoxy) is 2. The van der Waals surface area contributed by atoms with E-state index >= 15 is 0 Å². The van der Waals surface area contributed by atoms with Gasteiger partial charge in [0.2, 0.25) is 5.91 Å². The van der Waals surface area contributed by atoms with Crippen LogP contribution in [0.3, 0.4) is 0 Å². The fourth-order valence-corrected chi connectivity index (χ4v) is 4.08. The standard InChI is InChI=1S/C19H21NO4/c1-2-10-23-18(22)15-14-8-9-19(24-14)12-20(17(21)16(15)19)11-13-6-4-3-5-7-13/h3-9,14-16H,2,10-12H2,1H3/t14-,15+,16-,19?/m1/s1. The molecule has 0 radical (unpaired) electrons. The normalized spacial score (nSPS) is 33.1. The van der Waals surface area contributed by atoms with Gasteiger partial charge in [0, 0.05) is 6.54 Å². The molecule has 2 saturated heterocycles. The summed E-state index contributed by atoms with van der Waals surface area (Å²) in [6.45, 7) is 3.37. The molecule has 5 heteroatoms. The van der Waals surface area contributed by atoms with Crippen molar-refractivity contribution in [3.8, 4) is 0 Å². The number of carbonyl (C=O) groups is 2. The SMILES string of the molecule is CCCOC(=O)[C@H]1[C@H]2C=CC3(CN(Cc4ccccc4)C(=O)[C@@H]13)O2. The molecule has 0 aliphatic carbocycles. The van der Waals surface area contributed by atoms with Crippen molar-refractivity contribution in [2.45, 2.75) is 31.6 Å². The van der Waals surface area contributed by atoms with E-state index in [4.69, 9.17) is 9.47 Å². The molecule has 3 heterocycles. The average Bonchev–Trinajstić information content (AvgIpc) is 3.22. The van der Waals surface area contributed by atoms with E-state index in [0.29, 0.717) is 19.7 Å². The third-order valence-electron chi connectivity index (χ3n) is 5.12. The van der Waals surface area contributed by atoms with Crippen LogP contribution in [0.5, 0.6) is 0 Å². The third-order valence-corrected chi connectivity index (χ3v) is 5.12. The Labute approximate surface area is 141 Å². The molecule has 2 fully saturated rings. The highest BCUT2D eigenvalue weighted by atomic mass is 16.6. The fraction of sp³-hybridized carbons (Fsp3) is 0.474. The van der Waals surface area contributed by atoms with Crippen LogP contribution in [0.15, 0.2) is 42.5 Å². The minimum absolute atomic E-state index is 0.0100. The van der Waals surface area contributed by atoms with Gasteiger partial charge in [-0.05, 0) is 12.0 Å². The van der Waals surface area contributed by atoms with E-state index in [9.17, 15) is 9.59 Å². The van der Waals surface area contributed by atoms with Crippen molar-refractivity contribution in [1.29, 1.82) is 0 Å². The van der Waals surface area contributed by atoms with E-state index in [1.54, 1.807) is 4.90 Å². The van der Waals surface area contributed by atoms with Crippen LogP contribution in [-0.2, 0) is 25.6 Å². The van der Waals surface area contributed by atoms with Gasteiger partial charge in [-0.2, -0.15) is 0 Å². The molecular weight excluding hydrogens is 306 g/mol. The number of esters is 1. The third kappa shape index (κ3) is 2.26. The van der Waals surface area contributed by atoms with Gasteiger partial charge in [-0.25, -0.2) is 0 Å². The van der Waals surface area contributed by atoms with Gasteiger partial charge in [0.05, 0.1) is 25.2 Å². The zero-order valence-electron chi connectivity index (χ0n) is 13.7. The molecule has 0 N–H and O–H groups in total. The average molecular weight is 327 g/mol. The van der Waals surface area contributed by atoms with Gasteiger partial charge >= 0.3 is 5.97 Å². The number of hydrogen-bond donors (Lipinski definition) is 0. The highest BCUT2D eigenvalue weighted by Crippen LogP contribution is 2.52. The van der Waals surface area contributed by atoms with Gasteiger partial charge in [0.25, 0.3) is 0 Å². The first-order valence-corrected chi connectivity index (χ1v) is 8.51. The first kappa shape index (κ1) is 15.4. The molecule has 1 aromatic rings. The molecule has 5 nitrogen and oxygen atoms in total. The van der Waals surface area contributed by atoms with Crippen molar-refractivity contribution < 1.29 is 19.1 Å². The predicted octanol–water partition coefficient (Wildman–Crippen LogP) is 1.92. The lowest BCUT2D eigenvalue weighted by Crippen LogP contribution is -2.40. The summed E-state index contributed by atoms with van der Waals surface area (Å²) < 4.78 is 11.4. The second kappa shape index (κ2) is 5.74. The second-order valence-corrected chi connectivity index (χ2v) is 6.75. The molecule has 126 valence electrons. The molecule has 4 atom stereocenters. The van der Waals surface area contributed by atoms with Crippen LogP contribution in [-0.4, -0.2) is 41.6 Å². The minimum Gasteiger partial charge on any atom is -0.465 e. The van der Waals surface area contributed by atoms with E-state index in [-0.39, 0.29) is 18.0 Å². The Balaban J connectivity index is 1.56. The van der Waals surface area contributed by atoms with Gasteiger partial charge in [-0.15, -0.1) is 0 Å². The summed E-state index contributed by atoms with van der Waals surface area (Å²) in [6.07, 6.45) is 4.31. The molecule has 3 aliphatic heterocycles. The molecule has 0 aromatic heterocycles. The van der Waals surface area contributed by atoms with E-state index in [1.807, 2.05) is 49.4 Å². The highest BCUT2D eigenvalue weighted by molar-refractivity contribution is 5.91. The van der Waals surface area contributed by atoms with Crippen molar-refractivity contribution in [2.75, 3.05) is 13.2 Å². The van der Waals surface area contributed by atoms with E-state index in [0.717, 1.165) is 12.0 Å². The Morgan fingerprint density at radius 1 is 1.38 bits per heavy atom. The summed E-state index contributed by atoms with van der Waals surface area (Å²) in [6, 6.07) is 9.88. The molecule has 1 amide bonds. The Hall–Kier alpha value is -2.14. The zero-order valence-corrected chi connectivity index (χ0v) is 13.7. The maximum Gasteiger partial charge on any atom is 0.312 e. The molecule has 1 unspecified atom stereocenters. The molecule has 2 bridgehead atoms. The molecule has 0 saturated carbocycles. The molecule has 24 heavy (non-hydrogen) atoms. The van der Waals surface area contributed by atoms with Crippen molar-refractivity contribution in [3.05, 3.63) is 48.0 Å². The lowest BCUT2D eigenvalue weighted by molar-refractivity contribution is -0.153. The number of fused-ring (bicyclic) bond motifs is 1. The quantitative estimate of drug-likeness (QED) is 0.612. The van der Waals surface area contributed by atoms with Gasteiger partial charge in [0.1, 0.15) is 11.5 Å². The predicted molar refractivity (Wildman–Crippen MR) is 86.8 cm³/mol. The molecule has 3 aliphatic rings. The monoisotopic (exact) mass is 327 g/mol. The molecular formula is C19H21NO4. The maximum atomic E-state index is 13.0. The molecule has 4 rings (SSSR count). The number of carbonyl (C=O) groups excluding carboxylic acids is 2. The van der Waals surface area contributed by atoms with Crippen LogP contribution >= 0.6 is 0 Å². The minimum atomic E-state index is -0.660. The van der Waals surface area contributed by atoms with Gasteiger partial charge < -0.3 is 14.4 Å². The van der Waals surface area contributed by atoms with Crippen LogP contribution in [0.4, 0.5) is 0 Å². The zero-order chi connectivity index (χ0) is 16.7. The summed E-state index contributed by atoms with van der Waals surface area (Å²) in [7, 11) is 0. The topological polar surface area (TPSA) is 55.8 Å². The van der Waals surface area contributed by atoms with Crippen molar-refractivity contribution >= 4 is 11.9 Å². The summed E-state index contributed by atoms with van der Waals surface area (Å²) in [5.41, 5.74) is 0.415. The van der Waals surface area contributed by atoms with Crippen molar-refractivity contribution in [2.24, 2.45) is 11.8 Å². The highest BCUT2D eigenvalue weighted by Gasteiger charge is 2.67. The number of rotatable bonds is 5. The van der Waals surface area contributed by atoms with Crippen LogP contribution in [0, 0.1) is 11.8 Å². The van der Waals surface area contributed by atoms with Crippen molar-refractivity contribution in [1.82, 2.24) is 4.90 Å². The van der Waals surface area contributed by atoms with E-state index in [2.05, 4.69) is 0 Å². The molecule has 1 aromatic carbocycles. The number of likely N-dealkylation sites (tertiary alicyclic amines) is 1. The Morgan fingerprint density at radius 3 is 2.92 bits per heavy atom. The molecule has 1 spiro atoms. The Bertz CT molecular complexity index is 686. The van der Waals surface area contributed by atoms with Crippen LogP contribution in [0.1, 0.15) is 18.9 Å². The van der Waals surface area contributed by atoms with Gasteiger partial charge in [0.15, 0.2) is 0 Å². The van der Waals surface area contributed by atoms with E-state index in [1.165, 1.54) is 0 Å². The number of benzene rings is 1. The fourth-order valence-electron chi connectivity index (χ4n) is 4.08. The van der Waals surface area contributed by atoms with Gasteiger partial charge in [-0.3, -0.25) is 9.59 Å². The number of hydrogen-bond acceptors (Lipinski definition) is 4. The lowest BCUT2D eigenvalue weighted by Gasteiger charge is -2.22. The summed E-state index contributed by atoms with van der Waals surface area (Å²) in [5, 5.41) is 0. The number of amides is 1. The number of nitrogens with zero attached hydrogens (tertiary/aromatic N) is 1. The van der Waals surface area contributed by atoms with Crippen LogP contribution < -0.4 is 0 Å². The summed E-state index contributed by atoms with van der Waals surface area (Å²) >= 11 is 0. The lowest BCUT2D eigenvalue weighted by atomic mass is 9.77. The first-order valence-electron chi connectivity index (χ1n) is 8.51. The van der Waals surface area contributed by atoms with E-state index < -0.39 is 17.4 Å². The van der Waals surface area contributed by atoms with Gasteiger partial charge in [-0.1, -0.05) is 49.4 Å². The Morgan fingerprint density at radius 2 is 2.17 bits per heavy atom. The van der Waals surface area contributed by atoms with Crippen LogP contribution in [0.25, 0.3) is 0 Å². The van der Waals surface area contributed by atoms with Crippen LogP contribution in [0.2, 0.25) is 0 Å². The maximum absolute atomic E-state index is 13.0. The second-order valence-electron chi connectivity index (χ2n) is 6.75. The largest absolute Gasteiger partial charge is 0.465 e. The van der Waals surface area contributed by atoms with Crippen molar-refractivity contribution in [3.63, 3.8) is 0 Å². The summed E-state index contributed by atoms with van der Waals surface area (Å²) in [5.74, 6) is -1.30. The smallest absolute Gasteiger partial charge is 0.312 e.